The van der Waals surface area contributed by atoms with Gasteiger partial charge in [0.25, 0.3) is 5.91 Å². The molecule has 1 aromatic rings. The Morgan fingerprint density at radius 2 is 2.04 bits per heavy atom. The first-order valence-electron chi connectivity index (χ1n) is 8.90. The van der Waals surface area contributed by atoms with E-state index in [2.05, 4.69) is 6.92 Å². The molecule has 0 bridgehead atoms. The summed E-state index contributed by atoms with van der Waals surface area (Å²) in [6.45, 7) is 5.20. The Labute approximate surface area is 150 Å². The molecule has 2 rings (SSSR count). The molecule has 0 spiro atoms. The summed E-state index contributed by atoms with van der Waals surface area (Å²) in [5.74, 6) is 1.26. The molecule has 0 N–H and O–H groups in total. The minimum atomic E-state index is -0.00347. The molecule has 1 atom stereocenters. The molecule has 0 radical (unpaired) electrons. The second-order valence-electron chi connectivity index (χ2n) is 6.09. The predicted octanol–water partition coefficient (Wildman–Crippen LogP) is 2.75. The van der Waals surface area contributed by atoms with Gasteiger partial charge in [0.2, 0.25) is 0 Å². The third-order valence-electron chi connectivity index (χ3n) is 4.24. The van der Waals surface area contributed by atoms with Gasteiger partial charge in [-0.3, -0.25) is 4.79 Å². The van der Waals surface area contributed by atoms with Crippen molar-refractivity contribution in [2.75, 3.05) is 47.1 Å². The van der Waals surface area contributed by atoms with Crippen molar-refractivity contribution in [3.8, 4) is 11.5 Å². The number of rotatable bonds is 10. The van der Waals surface area contributed by atoms with Gasteiger partial charge in [0.05, 0.1) is 33.0 Å². The van der Waals surface area contributed by atoms with Crippen molar-refractivity contribution in [2.24, 2.45) is 0 Å². The molecule has 1 fully saturated rings. The lowest BCUT2D eigenvalue weighted by atomic mass is 10.1. The topological polar surface area (TPSA) is 57.2 Å². The maximum atomic E-state index is 12.7. The Balaban J connectivity index is 1.95. The van der Waals surface area contributed by atoms with E-state index in [0.29, 0.717) is 50.0 Å². The Morgan fingerprint density at radius 3 is 2.76 bits per heavy atom. The Kier molecular flexibility index (Phi) is 8.01. The molecule has 140 valence electrons. The SMILES string of the molecule is CCCCOc1ccc(C(=O)N2CC[C@H](OCCOC)C2)cc1OC. The van der Waals surface area contributed by atoms with Crippen molar-refractivity contribution in [1.82, 2.24) is 4.90 Å². The number of amides is 1. The van der Waals surface area contributed by atoms with E-state index < -0.39 is 0 Å². The molecule has 0 aliphatic carbocycles. The number of benzene rings is 1. The summed E-state index contributed by atoms with van der Waals surface area (Å²) in [7, 11) is 3.24. The largest absolute Gasteiger partial charge is 0.493 e. The summed E-state index contributed by atoms with van der Waals surface area (Å²) in [6.07, 6.45) is 2.99. The fraction of sp³-hybridized carbons (Fsp3) is 0.632. The van der Waals surface area contributed by atoms with Gasteiger partial charge in [-0.1, -0.05) is 13.3 Å². The number of hydrogen-bond donors (Lipinski definition) is 0. The molecule has 1 saturated heterocycles. The van der Waals surface area contributed by atoms with Gasteiger partial charge in [0.15, 0.2) is 11.5 Å². The fourth-order valence-corrected chi connectivity index (χ4v) is 2.78. The number of likely N-dealkylation sites (tertiary alicyclic amines) is 1. The van der Waals surface area contributed by atoms with Crippen LogP contribution in [-0.4, -0.2) is 64.0 Å². The molecule has 6 heteroatoms. The van der Waals surface area contributed by atoms with E-state index in [4.69, 9.17) is 18.9 Å². The first-order chi connectivity index (χ1) is 12.2. The van der Waals surface area contributed by atoms with E-state index in [1.54, 1.807) is 26.4 Å². The number of ether oxygens (including phenoxy) is 4. The van der Waals surface area contributed by atoms with E-state index in [1.165, 1.54) is 0 Å². The highest BCUT2D eigenvalue weighted by atomic mass is 16.5. The molecular formula is C19H29NO5. The highest BCUT2D eigenvalue weighted by molar-refractivity contribution is 5.95. The lowest BCUT2D eigenvalue weighted by molar-refractivity contribution is 0.0218. The summed E-state index contributed by atoms with van der Waals surface area (Å²) in [5.41, 5.74) is 0.609. The fourth-order valence-electron chi connectivity index (χ4n) is 2.78. The zero-order chi connectivity index (χ0) is 18.1. The summed E-state index contributed by atoms with van der Waals surface area (Å²) in [4.78, 5) is 14.5. The zero-order valence-corrected chi connectivity index (χ0v) is 15.5. The maximum absolute atomic E-state index is 12.7. The minimum absolute atomic E-state index is 0.00347. The van der Waals surface area contributed by atoms with E-state index in [1.807, 2.05) is 11.0 Å². The monoisotopic (exact) mass is 351 g/mol. The Morgan fingerprint density at radius 1 is 1.20 bits per heavy atom. The van der Waals surface area contributed by atoms with Gasteiger partial charge in [-0.05, 0) is 31.0 Å². The molecule has 0 aromatic heterocycles. The van der Waals surface area contributed by atoms with Crippen LogP contribution in [0.3, 0.4) is 0 Å². The third-order valence-corrected chi connectivity index (χ3v) is 4.24. The van der Waals surface area contributed by atoms with Crippen LogP contribution in [0, 0.1) is 0 Å². The van der Waals surface area contributed by atoms with Crippen molar-refractivity contribution >= 4 is 5.91 Å². The van der Waals surface area contributed by atoms with Crippen LogP contribution in [0.25, 0.3) is 0 Å². The van der Waals surface area contributed by atoms with Crippen LogP contribution in [0.5, 0.6) is 11.5 Å². The molecule has 1 heterocycles. The van der Waals surface area contributed by atoms with Crippen molar-refractivity contribution < 1.29 is 23.7 Å². The van der Waals surface area contributed by atoms with Crippen LogP contribution in [0.2, 0.25) is 0 Å². The molecule has 0 saturated carbocycles. The van der Waals surface area contributed by atoms with Gasteiger partial charge < -0.3 is 23.8 Å². The summed E-state index contributed by atoms with van der Waals surface area (Å²) >= 11 is 0. The average molecular weight is 351 g/mol. The van der Waals surface area contributed by atoms with E-state index >= 15 is 0 Å². The van der Waals surface area contributed by atoms with Crippen molar-refractivity contribution in [1.29, 1.82) is 0 Å². The van der Waals surface area contributed by atoms with Gasteiger partial charge in [-0.15, -0.1) is 0 Å². The van der Waals surface area contributed by atoms with Crippen molar-refractivity contribution in [3.63, 3.8) is 0 Å². The molecule has 0 unspecified atom stereocenters. The van der Waals surface area contributed by atoms with Crippen LogP contribution < -0.4 is 9.47 Å². The molecule has 1 aromatic carbocycles. The van der Waals surface area contributed by atoms with Gasteiger partial charge in [-0.25, -0.2) is 0 Å². The summed E-state index contributed by atoms with van der Waals surface area (Å²) in [5, 5.41) is 0. The van der Waals surface area contributed by atoms with Crippen LogP contribution >= 0.6 is 0 Å². The first kappa shape index (κ1) is 19.5. The number of hydrogen-bond acceptors (Lipinski definition) is 5. The summed E-state index contributed by atoms with van der Waals surface area (Å²) < 4.78 is 21.8. The van der Waals surface area contributed by atoms with E-state index in [-0.39, 0.29) is 12.0 Å². The highest BCUT2D eigenvalue weighted by Crippen LogP contribution is 2.29. The van der Waals surface area contributed by atoms with E-state index in [0.717, 1.165) is 19.3 Å². The van der Waals surface area contributed by atoms with Crippen molar-refractivity contribution in [2.45, 2.75) is 32.3 Å². The van der Waals surface area contributed by atoms with Crippen LogP contribution in [0.1, 0.15) is 36.5 Å². The van der Waals surface area contributed by atoms with Gasteiger partial charge in [-0.2, -0.15) is 0 Å². The number of methoxy groups -OCH3 is 2. The number of nitrogens with zero attached hydrogens (tertiary/aromatic N) is 1. The number of carbonyl (C=O) groups is 1. The zero-order valence-electron chi connectivity index (χ0n) is 15.5. The summed E-state index contributed by atoms with van der Waals surface area (Å²) in [6, 6.07) is 5.36. The van der Waals surface area contributed by atoms with Crippen LogP contribution in [0.4, 0.5) is 0 Å². The van der Waals surface area contributed by atoms with Gasteiger partial charge in [0, 0.05) is 25.8 Å². The quantitative estimate of drug-likeness (QED) is 0.607. The highest BCUT2D eigenvalue weighted by Gasteiger charge is 2.28. The molecule has 1 aliphatic rings. The minimum Gasteiger partial charge on any atom is -0.493 e. The van der Waals surface area contributed by atoms with Crippen LogP contribution in [0.15, 0.2) is 18.2 Å². The second kappa shape index (κ2) is 10.3. The lowest BCUT2D eigenvalue weighted by Gasteiger charge is -2.18. The van der Waals surface area contributed by atoms with Crippen molar-refractivity contribution in [3.05, 3.63) is 23.8 Å². The smallest absolute Gasteiger partial charge is 0.254 e. The standard InChI is InChI=1S/C19H29NO5/c1-4-5-10-25-17-7-6-15(13-18(17)23-3)19(21)20-9-8-16(14-20)24-12-11-22-2/h6-7,13,16H,4-5,8-12,14H2,1-3H3/t16-/m0/s1. The van der Waals surface area contributed by atoms with Gasteiger partial charge >= 0.3 is 0 Å². The molecule has 25 heavy (non-hydrogen) atoms. The molecular weight excluding hydrogens is 322 g/mol. The molecule has 6 nitrogen and oxygen atoms in total. The maximum Gasteiger partial charge on any atom is 0.254 e. The van der Waals surface area contributed by atoms with Gasteiger partial charge in [0.1, 0.15) is 0 Å². The lowest BCUT2D eigenvalue weighted by Crippen LogP contribution is -2.30. The first-order valence-corrected chi connectivity index (χ1v) is 8.90. The molecule has 1 aliphatic heterocycles. The van der Waals surface area contributed by atoms with Crippen LogP contribution in [-0.2, 0) is 9.47 Å². The van der Waals surface area contributed by atoms with E-state index in [9.17, 15) is 4.79 Å². The second-order valence-corrected chi connectivity index (χ2v) is 6.09. The average Bonchev–Trinajstić information content (AvgIpc) is 3.10. The Bertz CT molecular complexity index is 549. The third kappa shape index (κ3) is 5.61. The molecule has 1 amide bonds. The normalized spacial score (nSPS) is 16.9. The predicted molar refractivity (Wildman–Crippen MR) is 95.5 cm³/mol. The number of carbonyl (C=O) groups excluding carboxylic acids is 1. The number of unbranched alkanes of at least 4 members (excludes halogenated alkanes) is 1. The Hall–Kier alpha value is -1.79.